The summed E-state index contributed by atoms with van der Waals surface area (Å²) in [5.41, 5.74) is 1.48. The van der Waals surface area contributed by atoms with Gasteiger partial charge >= 0.3 is 12.1 Å². The van der Waals surface area contributed by atoms with E-state index in [1.165, 1.54) is 16.2 Å². The molecule has 9 nitrogen and oxygen atoms in total. The number of aliphatic carboxylic acids is 1. The summed E-state index contributed by atoms with van der Waals surface area (Å²) in [6, 6.07) is 10.4. The molecular formula is C19H21Cl2N3O6S. The Kier molecular flexibility index (Phi) is 9.38. The first-order chi connectivity index (χ1) is 14.4. The van der Waals surface area contributed by atoms with E-state index in [-0.39, 0.29) is 38.1 Å². The number of amides is 2. The normalized spacial score (nSPS) is 15.2. The fraction of sp³-hybridized carbons (Fsp3) is 0.316. The number of nitrogens with one attached hydrogen (secondary N) is 2. The molecule has 1 saturated heterocycles. The molecule has 3 N–H and O–H groups in total. The van der Waals surface area contributed by atoms with Crippen LogP contribution in [-0.4, -0.2) is 62.0 Å². The van der Waals surface area contributed by atoms with Crippen molar-refractivity contribution in [3.05, 3.63) is 45.6 Å². The van der Waals surface area contributed by atoms with Gasteiger partial charge in [-0.15, -0.1) is 23.7 Å². The number of ether oxygens (including phenoxy) is 2. The molecular weight excluding hydrogens is 469 g/mol. The minimum atomic E-state index is -1.01. The van der Waals surface area contributed by atoms with Gasteiger partial charge in [0.2, 0.25) is 0 Å². The third-order valence-electron chi connectivity index (χ3n) is 4.14. The fourth-order valence-corrected chi connectivity index (χ4v) is 3.71. The van der Waals surface area contributed by atoms with Crippen LogP contribution in [0.15, 0.2) is 36.4 Å². The number of carbonyl (C=O) groups excluding carboxylic acids is 2. The maximum Gasteiger partial charge on any atom is 0.414 e. The highest BCUT2D eigenvalue weighted by molar-refractivity contribution is 7.18. The number of benzene rings is 1. The molecule has 0 saturated carbocycles. The van der Waals surface area contributed by atoms with Crippen molar-refractivity contribution in [3.63, 3.8) is 0 Å². The minimum Gasteiger partial charge on any atom is -0.480 e. The van der Waals surface area contributed by atoms with Gasteiger partial charge in [-0.3, -0.25) is 9.69 Å². The van der Waals surface area contributed by atoms with Crippen LogP contribution >= 0.6 is 35.3 Å². The van der Waals surface area contributed by atoms with Crippen molar-refractivity contribution >= 4 is 64.7 Å². The number of hydrogen-bond acceptors (Lipinski definition) is 7. The Bertz CT molecular complexity index is 908. The van der Waals surface area contributed by atoms with E-state index in [0.29, 0.717) is 28.0 Å². The lowest BCUT2D eigenvalue weighted by molar-refractivity contribution is -0.142. The van der Waals surface area contributed by atoms with E-state index in [2.05, 4.69) is 10.6 Å². The van der Waals surface area contributed by atoms with Gasteiger partial charge in [-0.2, -0.15) is 0 Å². The topological polar surface area (TPSA) is 117 Å². The van der Waals surface area contributed by atoms with E-state index in [1.807, 2.05) is 0 Å². The zero-order valence-electron chi connectivity index (χ0n) is 16.2. The van der Waals surface area contributed by atoms with Crippen LogP contribution in [0.3, 0.4) is 0 Å². The fourth-order valence-electron chi connectivity index (χ4n) is 2.75. The molecule has 0 aliphatic carbocycles. The summed E-state index contributed by atoms with van der Waals surface area (Å²) in [6.07, 6.45) is -0.933. The third kappa shape index (κ3) is 7.28. The van der Waals surface area contributed by atoms with E-state index in [9.17, 15) is 14.4 Å². The molecule has 0 unspecified atom stereocenters. The van der Waals surface area contributed by atoms with Gasteiger partial charge in [0.1, 0.15) is 12.7 Å². The van der Waals surface area contributed by atoms with Crippen LogP contribution < -0.4 is 15.5 Å². The molecule has 0 radical (unpaired) electrons. The van der Waals surface area contributed by atoms with Gasteiger partial charge in [0.25, 0.3) is 5.91 Å². The molecule has 1 aromatic heterocycles. The second kappa shape index (κ2) is 11.8. The predicted molar refractivity (Wildman–Crippen MR) is 120 cm³/mol. The molecule has 2 aromatic rings. The van der Waals surface area contributed by atoms with Crippen molar-refractivity contribution in [2.75, 3.05) is 43.1 Å². The number of thiophene rings is 1. The lowest BCUT2D eigenvalue weighted by atomic mass is 10.2. The van der Waals surface area contributed by atoms with Gasteiger partial charge < -0.3 is 25.2 Å². The largest absolute Gasteiger partial charge is 0.480 e. The predicted octanol–water partition coefficient (Wildman–Crippen LogP) is 3.09. The first-order valence-electron chi connectivity index (χ1n) is 9.07. The number of carbonyl (C=O) groups is 3. The van der Waals surface area contributed by atoms with E-state index >= 15 is 0 Å². The SMILES string of the molecule is Cl.O=C(O)COCCNc1ccc(N2C[C@H](CNC(=O)c3ccc(Cl)s3)OC2=O)cc1. The van der Waals surface area contributed by atoms with Gasteiger partial charge in [-0.25, -0.2) is 9.59 Å². The average Bonchev–Trinajstić information content (AvgIpc) is 3.32. The van der Waals surface area contributed by atoms with Crippen molar-refractivity contribution in [1.29, 1.82) is 0 Å². The Morgan fingerprint density at radius 3 is 2.65 bits per heavy atom. The molecule has 1 atom stereocenters. The van der Waals surface area contributed by atoms with E-state index in [1.54, 1.807) is 36.4 Å². The molecule has 1 aliphatic rings. The van der Waals surface area contributed by atoms with Crippen molar-refractivity contribution in [3.8, 4) is 0 Å². The Hall–Kier alpha value is -2.53. The molecule has 2 amide bonds. The van der Waals surface area contributed by atoms with Crippen molar-refractivity contribution < 1.29 is 29.0 Å². The number of cyclic esters (lactones) is 1. The number of hydrogen-bond donors (Lipinski definition) is 3. The van der Waals surface area contributed by atoms with Crippen LogP contribution in [-0.2, 0) is 14.3 Å². The van der Waals surface area contributed by atoms with E-state index in [4.69, 9.17) is 26.2 Å². The van der Waals surface area contributed by atoms with Crippen molar-refractivity contribution in [2.45, 2.75) is 6.10 Å². The van der Waals surface area contributed by atoms with Gasteiger partial charge in [-0.1, -0.05) is 11.6 Å². The maximum absolute atomic E-state index is 12.2. The van der Waals surface area contributed by atoms with Gasteiger partial charge in [-0.05, 0) is 36.4 Å². The highest BCUT2D eigenvalue weighted by Gasteiger charge is 2.32. The van der Waals surface area contributed by atoms with Crippen LogP contribution in [0.1, 0.15) is 9.67 Å². The average molecular weight is 490 g/mol. The van der Waals surface area contributed by atoms with Crippen molar-refractivity contribution in [1.82, 2.24) is 5.32 Å². The molecule has 2 heterocycles. The standard InChI is InChI=1S/C19H20ClN3O6S.ClH/c20-16-6-5-15(30-16)18(26)22-9-14-10-23(19(27)29-14)13-3-1-12(2-4-13)21-7-8-28-11-17(24)25;/h1-6,14,21H,7-11H2,(H,22,26)(H,24,25);1H/t14-;/m0./s1. The number of anilines is 2. The molecule has 1 fully saturated rings. The molecule has 1 aliphatic heterocycles. The highest BCUT2D eigenvalue weighted by Crippen LogP contribution is 2.24. The number of nitrogens with zero attached hydrogens (tertiary/aromatic N) is 1. The van der Waals surface area contributed by atoms with Gasteiger partial charge in [0.05, 0.1) is 28.9 Å². The van der Waals surface area contributed by atoms with Crippen LogP contribution in [0.2, 0.25) is 4.34 Å². The zero-order chi connectivity index (χ0) is 21.5. The van der Waals surface area contributed by atoms with Crippen LogP contribution in [0.25, 0.3) is 0 Å². The molecule has 168 valence electrons. The number of halogens is 2. The lowest BCUT2D eigenvalue weighted by Gasteiger charge is -2.14. The number of carboxylic acids is 1. The smallest absolute Gasteiger partial charge is 0.414 e. The van der Waals surface area contributed by atoms with E-state index in [0.717, 1.165) is 5.69 Å². The van der Waals surface area contributed by atoms with E-state index < -0.39 is 18.2 Å². The van der Waals surface area contributed by atoms with Crippen LogP contribution in [0.4, 0.5) is 16.2 Å². The van der Waals surface area contributed by atoms with Gasteiger partial charge in [0, 0.05) is 17.9 Å². The molecule has 0 spiro atoms. The second-order valence-electron chi connectivity index (χ2n) is 6.35. The molecule has 0 bridgehead atoms. The Labute approximate surface area is 193 Å². The minimum absolute atomic E-state index is 0. The summed E-state index contributed by atoms with van der Waals surface area (Å²) in [7, 11) is 0. The third-order valence-corrected chi connectivity index (χ3v) is 5.37. The summed E-state index contributed by atoms with van der Waals surface area (Å²) in [4.78, 5) is 36.6. The zero-order valence-corrected chi connectivity index (χ0v) is 18.6. The monoisotopic (exact) mass is 489 g/mol. The highest BCUT2D eigenvalue weighted by atomic mass is 35.5. The van der Waals surface area contributed by atoms with Crippen molar-refractivity contribution in [2.24, 2.45) is 0 Å². The summed E-state index contributed by atoms with van der Waals surface area (Å²) < 4.78 is 10.8. The summed E-state index contributed by atoms with van der Waals surface area (Å²) in [5.74, 6) is -1.27. The quantitative estimate of drug-likeness (QED) is 0.438. The Morgan fingerprint density at radius 1 is 1.26 bits per heavy atom. The molecule has 1 aromatic carbocycles. The lowest BCUT2D eigenvalue weighted by Crippen LogP contribution is -2.34. The van der Waals surface area contributed by atoms with Crippen LogP contribution in [0, 0.1) is 0 Å². The summed E-state index contributed by atoms with van der Waals surface area (Å²) in [6.45, 7) is 0.903. The second-order valence-corrected chi connectivity index (χ2v) is 8.07. The van der Waals surface area contributed by atoms with Crippen LogP contribution in [0.5, 0.6) is 0 Å². The molecule has 31 heavy (non-hydrogen) atoms. The summed E-state index contributed by atoms with van der Waals surface area (Å²) >= 11 is 7.02. The maximum atomic E-state index is 12.2. The van der Waals surface area contributed by atoms with Gasteiger partial charge in [0.15, 0.2) is 0 Å². The Balaban J connectivity index is 0.00000341. The number of rotatable bonds is 10. The first kappa shape index (κ1) is 24.7. The molecule has 3 rings (SSSR count). The Morgan fingerprint density at radius 2 is 2.00 bits per heavy atom. The summed E-state index contributed by atoms with van der Waals surface area (Å²) in [5, 5.41) is 14.3. The first-order valence-corrected chi connectivity index (χ1v) is 10.3. The number of carboxylic acid groups (broad SMARTS) is 1. The molecule has 12 heteroatoms.